The Morgan fingerprint density at radius 1 is 1.10 bits per heavy atom. The molecule has 0 amide bonds. The maximum Gasteiger partial charge on any atom is 0.195 e. The molecule has 0 fully saturated rings. The second-order valence-electron chi connectivity index (χ2n) is 9.17. The predicted molar refractivity (Wildman–Crippen MR) is 163 cm³/mol. The van der Waals surface area contributed by atoms with Crippen LogP contribution >= 0.6 is 0 Å². The van der Waals surface area contributed by atoms with Crippen molar-refractivity contribution >= 4 is 27.7 Å². The number of fused-ring (bicyclic) bond motifs is 2. The van der Waals surface area contributed by atoms with E-state index in [0.717, 1.165) is 51.3 Å². The SMILES string of the molecule is C=C(F)/C=C(\C=C(/C)F)C(=O)c1cn(C(C)O)c2c(-c3c(C)cc4c(nc(C)n4C)c3C)cccc12.CC.CC. The summed E-state index contributed by atoms with van der Waals surface area (Å²) >= 11 is 0. The van der Waals surface area contributed by atoms with Gasteiger partial charge in [0.15, 0.2) is 5.78 Å². The van der Waals surface area contributed by atoms with Gasteiger partial charge in [-0.3, -0.25) is 4.79 Å². The van der Waals surface area contributed by atoms with Gasteiger partial charge in [0.05, 0.1) is 22.4 Å². The Morgan fingerprint density at radius 3 is 2.27 bits per heavy atom. The Hall–Kier alpha value is -3.84. The monoisotopic (exact) mass is 549 g/mol. The number of aliphatic hydroxyl groups excluding tert-OH is 1. The van der Waals surface area contributed by atoms with Crippen LogP contribution in [0.2, 0.25) is 0 Å². The molecule has 2 aromatic carbocycles. The van der Waals surface area contributed by atoms with Crippen molar-refractivity contribution in [2.75, 3.05) is 0 Å². The zero-order chi connectivity index (χ0) is 30.5. The Kier molecular flexibility index (Phi) is 10.9. The fraction of sp³-hybridized carbons (Fsp3) is 0.333. The number of hydrogen-bond acceptors (Lipinski definition) is 3. The van der Waals surface area contributed by atoms with E-state index in [1.165, 1.54) is 13.1 Å². The van der Waals surface area contributed by atoms with E-state index < -0.39 is 23.7 Å². The lowest BCUT2D eigenvalue weighted by molar-refractivity contribution is 0.103. The molecule has 2 aromatic heterocycles. The number of aryl methyl sites for hydroxylation is 4. The van der Waals surface area contributed by atoms with Gasteiger partial charge in [-0.2, -0.15) is 0 Å². The van der Waals surface area contributed by atoms with Crippen molar-refractivity contribution in [1.29, 1.82) is 0 Å². The van der Waals surface area contributed by atoms with Gasteiger partial charge < -0.3 is 14.2 Å². The summed E-state index contributed by atoms with van der Waals surface area (Å²) in [4.78, 5) is 18.2. The molecule has 0 saturated carbocycles. The number of hydrogen-bond donors (Lipinski definition) is 1. The van der Waals surface area contributed by atoms with Gasteiger partial charge in [-0.25, -0.2) is 13.8 Å². The molecule has 1 N–H and O–H groups in total. The Balaban J connectivity index is 0.00000134. The molecule has 2 heterocycles. The van der Waals surface area contributed by atoms with E-state index >= 15 is 0 Å². The van der Waals surface area contributed by atoms with E-state index in [9.17, 15) is 18.7 Å². The number of halogens is 2. The molecular formula is C33H41F2N3O2. The Labute approximate surface area is 236 Å². The van der Waals surface area contributed by atoms with Crippen LogP contribution in [0, 0.1) is 20.8 Å². The lowest BCUT2D eigenvalue weighted by Gasteiger charge is -2.16. The first kappa shape index (κ1) is 32.4. The number of aliphatic hydroxyl groups is 1. The van der Waals surface area contributed by atoms with Crippen molar-refractivity contribution in [3.05, 3.63) is 88.9 Å². The van der Waals surface area contributed by atoms with Gasteiger partial charge in [-0.1, -0.05) is 52.5 Å². The molecule has 40 heavy (non-hydrogen) atoms. The van der Waals surface area contributed by atoms with Crippen LogP contribution in [0.15, 0.2) is 66.4 Å². The van der Waals surface area contributed by atoms with E-state index in [1.54, 1.807) is 17.6 Å². The highest BCUT2D eigenvalue weighted by atomic mass is 19.1. The third kappa shape index (κ3) is 6.15. The second kappa shape index (κ2) is 13.5. The molecule has 4 rings (SSSR count). The number of ketones is 1. The summed E-state index contributed by atoms with van der Waals surface area (Å²) < 4.78 is 31.0. The number of nitrogens with zero attached hydrogens (tertiary/aromatic N) is 3. The molecular weight excluding hydrogens is 508 g/mol. The Bertz CT molecular complexity index is 1610. The van der Waals surface area contributed by atoms with Crippen molar-refractivity contribution < 1.29 is 18.7 Å². The number of benzene rings is 2. The van der Waals surface area contributed by atoms with Crippen LogP contribution in [-0.4, -0.2) is 25.0 Å². The molecule has 0 aliphatic heterocycles. The van der Waals surface area contributed by atoms with Crippen LogP contribution in [0.3, 0.4) is 0 Å². The number of carbonyl (C=O) groups is 1. The first-order valence-electron chi connectivity index (χ1n) is 13.6. The van der Waals surface area contributed by atoms with Gasteiger partial charge in [0.25, 0.3) is 0 Å². The van der Waals surface area contributed by atoms with Gasteiger partial charge in [0.1, 0.15) is 17.9 Å². The van der Waals surface area contributed by atoms with Crippen LogP contribution in [0.5, 0.6) is 0 Å². The third-order valence-electron chi connectivity index (χ3n) is 6.54. The predicted octanol–water partition coefficient (Wildman–Crippen LogP) is 9.15. The minimum absolute atomic E-state index is 0.171. The molecule has 0 aliphatic rings. The summed E-state index contributed by atoms with van der Waals surface area (Å²) in [6.07, 6.45) is 2.46. The van der Waals surface area contributed by atoms with Gasteiger partial charge >= 0.3 is 0 Å². The van der Waals surface area contributed by atoms with E-state index in [2.05, 4.69) is 12.6 Å². The van der Waals surface area contributed by atoms with Crippen LogP contribution in [-0.2, 0) is 7.05 Å². The second-order valence-corrected chi connectivity index (χ2v) is 9.17. The molecule has 0 radical (unpaired) electrons. The van der Waals surface area contributed by atoms with Gasteiger partial charge in [0, 0.05) is 35.3 Å². The molecule has 1 unspecified atom stereocenters. The quantitative estimate of drug-likeness (QED) is 0.148. The number of allylic oxidation sites excluding steroid dienone is 5. The van der Waals surface area contributed by atoms with Crippen LogP contribution < -0.4 is 0 Å². The van der Waals surface area contributed by atoms with Gasteiger partial charge in [0.2, 0.25) is 0 Å². The van der Waals surface area contributed by atoms with Crippen LogP contribution in [0.4, 0.5) is 8.78 Å². The number of Topliss-reactive ketones (excluding diaryl/α,β-unsaturated/α-hetero) is 1. The van der Waals surface area contributed by atoms with Crippen molar-refractivity contribution in [3.63, 3.8) is 0 Å². The largest absolute Gasteiger partial charge is 0.374 e. The summed E-state index contributed by atoms with van der Waals surface area (Å²) in [5.74, 6) is -1.17. The van der Waals surface area contributed by atoms with E-state index in [-0.39, 0.29) is 11.1 Å². The molecule has 1 atom stereocenters. The highest BCUT2D eigenvalue weighted by molar-refractivity contribution is 6.19. The van der Waals surface area contributed by atoms with Crippen molar-refractivity contribution in [2.24, 2.45) is 7.05 Å². The Morgan fingerprint density at radius 2 is 1.73 bits per heavy atom. The topological polar surface area (TPSA) is 60.1 Å². The number of carbonyl (C=O) groups excluding carboxylic acids is 1. The zero-order valence-electron chi connectivity index (χ0n) is 25.3. The lowest BCUT2D eigenvalue weighted by Crippen LogP contribution is -2.04. The van der Waals surface area contributed by atoms with E-state index in [1.807, 2.05) is 72.2 Å². The number of aromatic nitrogens is 3. The van der Waals surface area contributed by atoms with Gasteiger partial charge in [-0.05, 0) is 69.5 Å². The van der Waals surface area contributed by atoms with Crippen molar-refractivity contribution in [2.45, 2.75) is 68.5 Å². The molecule has 0 aliphatic carbocycles. The third-order valence-corrected chi connectivity index (χ3v) is 6.54. The maximum atomic E-state index is 13.7. The summed E-state index contributed by atoms with van der Waals surface area (Å²) in [5.41, 5.74) is 6.39. The lowest BCUT2D eigenvalue weighted by atomic mass is 9.92. The minimum Gasteiger partial charge on any atom is -0.374 e. The molecule has 4 aromatic rings. The standard InChI is InChI=1S/C29H29F2N3O2.2C2H6/c1-15-11-25-27(32-19(5)33(25)7)18(4)26(15)23-10-8-9-22-24(14-34(20(6)35)28(22)23)29(36)21(12-16(2)30)13-17(3)31;2*1-2/h8-14,20,35H,2H2,1,3-7H3;2*1-2H3/b17-13+,21-12+;;. The molecule has 0 saturated heterocycles. The highest BCUT2D eigenvalue weighted by Gasteiger charge is 2.24. The van der Waals surface area contributed by atoms with Gasteiger partial charge in [-0.15, -0.1) is 0 Å². The molecule has 7 heteroatoms. The zero-order valence-corrected chi connectivity index (χ0v) is 25.3. The van der Waals surface area contributed by atoms with Crippen molar-refractivity contribution in [3.8, 4) is 11.1 Å². The fourth-order valence-electron chi connectivity index (χ4n) is 4.88. The van der Waals surface area contributed by atoms with Crippen LogP contribution in [0.25, 0.3) is 33.1 Å². The number of para-hydroxylation sites is 1. The molecule has 5 nitrogen and oxygen atoms in total. The normalized spacial score (nSPS) is 12.5. The van der Waals surface area contributed by atoms with Crippen LogP contribution in [0.1, 0.15) is 75.1 Å². The molecule has 214 valence electrons. The maximum absolute atomic E-state index is 13.7. The van der Waals surface area contributed by atoms with E-state index in [0.29, 0.717) is 10.9 Å². The first-order valence-corrected chi connectivity index (χ1v) is 13.6. The smallest absolute Gasteiger partial charge is 0.195 e. The van der Waals surface area contributed by atoms with Crippen molar-refractivity contribution in [1.82, 2.24) is 14.1 Å². The molecule has 0 spiro atoms. The average molecular weight is 550 g/mol. The average Bonchev–Trinajstić information content (AvgIpc) is 3.44. The highest BCUT2D eigenvalue weighted by Crippen LogP contribution is 2.39. The number of rotatable bonds is 6. The number of imidazole rings is 1. The first-order chi connectivity index (χ1) is 18.9. The summed E-state index contributed by atoms with van der Waals surface area (Å²) in [6, 6.07) is 7.63. The fourth-order valence-corrected chi connectivity index (χ4v) is 4.88. The van der Waals surface area contributed by atoms with E-state index in [4.69, 9.17) is 4.98 Å². The summed E-state index contributed by atoms with van der Waals surface area (Å²) in [6.45, 7) is 19.9. The summed E-state index contributed by atoms with van der Waals surface area (Å²) in [5, 5.41) is 11.2. The summed E-state index contributed by atoms with van der Waals surface area (Å²) in [7, 11) is 1.98. The molecule has 0 bridgehead atoms. The minimum atomic E-state index is -0.960.